The Morgan fingerprint density at radius 2 is 1.32 bits per heavy atom. The van der Waals surface area contributed by atoms with Gasteiger partial charge in [0.05, 0.1) is 0 Å². The third kappa shape index (κ3) is 7.37. The highest BCUT2D eigenvalue weighted by Crippen LogP contribution is 2.48. The molecule has 2 aliphatic rings. The molecule has 2 rings (SSSR count). The molecule has 4 unspecified atom stereocenters. The molecule has 0 spiro atoms. The Morgan fingerprint density at radius 3 is 1.79 bits per heavy atom. The molecule has 2 fully saturated rings. The van der Waals surface area contributed by atoms with Crippen LogP contribution in [0.25, 0.3) is 0 Å². The van der Waals surface area contributed by atoms with Gasteiger partial charge in [-0.15, -0.1) is 0 Å². The maximum absolute atomic E-state index is 2.47. The van der Waals surface area contributed by atoms with Crippen molar-refractivity contribution in [2.24, 2.45) is 23.7 Å². The SMILES string of the molecule is C.CC.CC.CC.CCC1C(C)CCC2CCCC21. The molecule has 0 bridgehead atoms. The topological polar surface area (TPSA) is 0 Å². The molecule has 0 aromatic carbocycles. The molecule has 0 aliphatic heterocycles. The van der Waals surface area contributed by atoms with E-state index in [1.54, 1.807) is 19.3 Å². The van der Waals surface area contributed by atoms with Gasteiger partial charge in [0.2, 0.25) is 0 Å². The zero-order chi connectivity index (χ0) is 14.6. The van der Waals surface area contributed by atoms with Crippen LogP contribution in [0, 0.1) is 23.7 Å². The molecular weight excluding hydrogens is 228 g/mol. The lowest BCUT2D eigenvalue weighted by Crippen LogP contribution is -2.29. The highest BCUT2D eigenvalue weighted by molar-refractivity contribution is 4.88. The van der Waals surface area contributed by atoms with Crippen LogP contribution < -0.4 is 0 Å². The molecule has 0 heterocycles. The molecule has 0 aromatic rings. The average Bonchev–Trinajstić information content (AvgIpc) is 2.94. The summed E-state index contributed by atoms with van der Waals surface area (Å²) in [5.74, 6) is 4.35. The highest BCUT2D eigenvalue weighted by atomic mass is 14.4. The number of fused-ring (bicyclic) bond motifs is 1. The molecular formula is C19H44. The fourth-order valence-electron chi connectivity index (χ4n) is 3.81. The summed E-state index contributed by atoms with van der Waals surface area (Å²) in [6, 6.07) is 0. The van der Waals surface area contributed by atoms with Crippen molar-refractivity contribution >= 4 is 0 Å². The third-order valence-electron chi connectivity index (χ3n) is 4.46. The first kappa shape index (κ1) is 24.0. The van der Waals surface area contributed by atoms with Crippen LogP contribution in [0.2, 0.25) is 0 Å². The van der Waals surface area contributed by atoms with E-state index in [1.165, 1.54) is 19.3 Å². The summed E-state index contributed by atoms with van der Waals surface area (Å²) in [6.45, 7) is 16.9. The maximum Gasteiger partial charge on any atom is -0.0355 e. The van der Waals surface area contributed by atoms with Gasteiger partial charge in [0.25, 0.3) is 0 Å². The summed E-state index contributed by atoms with van der Waals surface area (Å²) in [7, 11) is 0. The first-order valence-electron chi connectivity index (χ1n) is 8.83. The van der Waals surface area contributed by atoms with E-state index in [0.29, 0.717) is 0 Å². The number of hydrogen-bond donors (Lipinski definition) is 0. The predicted molar refractivity (Wildman–Crippen MR) is 93.8 cm³/mol. The minimum atomic E-state index is 0. The molecule has 0 amide bonds. The van der Waals surface area contributed by atoms with E-state index < -0.39 is 0 Å². The zero-order valence-corrected chi connectivity index (χ0v) is 14.6. The molecule has 0 aromatic heterocycles. The average molecular weight is 273 g/mol. The molecule has 0 heteroatoms. The lowest BCUT2D eigenvalue weighted by molar-refractivity contribution is 0.118. The monoisotopic (exact) mass is 272 g/mol. The summed E-state index contributed by atoms with van der Waals surface area (Å²) >= 11 is 0. The quantitative estimate of drug-likeness (QED) is 0.461. The summed E-state index contributed by atoms with van der Waals surface area (Å²) in [6.07, 6.45) is 9.12. The maximum atomic E-state index is 2.47. The van der Waals surface area contributed by atoms with Gasteiger partial charge in [-0.25, -0.2) is 0 Å². The van der Waals surface area contributed by atoms with Gasteiger partial charge in [0, 0.05) is 0 Å². The van der Waals surface area contributed by atoms with Gasteiger partial charge in [-0.05, 0) is 36.5 Å². The lowest BCUT2D eigenvalue weighted by atomic mass is 9.67. The van der Waals surface area contributed by atoms with E-state index in [-0.39, 0.29) is 7.43 Å². The van der Waals surface area contributed by atoms with Crippen LogP contribution in [0.15, 0.2) is 0 Å². The largest absolute Gasteiger partial charge is 0.0776 e. The van der Waals surface area contributed by atoms with Crippen molar-refractivity contribution in [2.75, 3.05) is 0 Å². The fourth-order valence-corrected chi connectivity index (χ4v) is 3.81. The first-order valence-corrected chi connectivity index (χ1v) is 8.83. The number of hydrogen-bond acceptors (Lipinski definition) is 0. The molecule has 2 aliphatic carbocycles. The molecule has 2 saturated carbocycles. The van der Waals surface area contributed by atoms with E-state index in [2.05, 4.69) is 13.8 Å². The van der Waals surface area contributed by atoms with Crippen molar-refractivity contribution in [3.8, 4) is 0 Å². The Morgan fingerprint density at radius 1 is 0.789 bits per heavy atom. The van der Waals surface area contributed by atoms with E-state index in [0.717, 1.165) is 23.7 Å². The van der Waals surface area contributed by atoms with Crippen LogP contribution in [-0.2, 0) is 0 Å². The van der Waals surface area contributed by atoms with Gasteiger partial charge in [-0.1, -0.05) is 88.5 Å². The van der Waals surface area contributed by atoms with Gasteiger partial charge in [-0.2, -0.15) is 0 Å². The predicted octanol–water partition coefficient (Wildman–Crippen LogP) is 7.57. The Bertz CT molecular complexity index is 150. The van der Waals surface area contributed by atoms with E-state index >= 15 is 0 Å². The Balaban J connectivity index is -0.000000325. The van der Waals surface area contributed by atoms with Gasteiger partial charge in [0.1, 0.15) is 0 Å². The first-order chi connectivity index (χ1) is 8.83. The lowest BCUT2D eigenvalue weighted by Gasteiger charge is -2.38. The Labute approximate surface area is 125 Å². The van der Waals surface area contributed by atoms with Crippen LogP contribution >= 0.6 is 0 Å². The minimum Gasteiger partial charge on any atom is -0.0776 e. The second-order valence-electron chi connectivity index (χ2n) is 4.98. The molecule has 4 atom stereocenters. The molecule has 0 nitrogen and oxygen atoms in total. The molecule has 0 radical (unpaired) electrons. The summed E-state index contributed by atoms with van der Waals surface area (Å²) in [5.41, 5.74) is 0. The van der Waals surface area contributed by atoms with Crippen molar-refractivity contribution in [1.29, 1.82) is 0 Å². The standard InChI is InChI=1S/C12H22.3C2H6.CH4/c1-3-11-9(2)7-8-10-5-4-6-12(10)11;3*1-2;/h9-12H,3-8H2,1-2H3;3*1-2H3;1H4. The zero-order valence-electron chi connectivity index (χ0n) is 14.6. The van der Waals surface area contributed by atoms with Gasteiger partial charge in [0.15, 0.2) is 0 Å². The van der Waals surface area contributed by atoms with Crippen LogP contribution in [0.4, 0.5) is 0 Å². The summed E-state index contributed by atoms with van der Waals surface area (Å²) < 4.78 is 0. The summed E-state index contributed by atoms with van der Waals surface area (Å²) in [4.78, 5) is 0. The molecule has 0 saturated heterocycles. The van der Waals surface area contributed by atoms with Crippen molar-refractivity contribution < 1.29 is 0 Å². The van der Waals surface area contributed by atoms with Crippen molar-refractivity contribution in [2.45, 2.75) is 101 Å². The Hall–Kier alpha value is 0. The van der Waals surface area contributed by atoms with Gasteiger partial charge >= 0.3 is 0 Å². The van der Waals surface area contributed by atoms with Crippen molar-refractivity contribution in [1.82, 2.24) is 0 Å². The Kier molecular flexibility index (Phi) is 20.3. The van der Waals surface area contributed by atoms with Crippen LogP contribution in [0.5, 0.6) is 0 Å². The van der Waals surface area contributed by atoms with E-state index in [1.807, 2.05) is 41.5 Å². The van der Waals surface area contributed by atoms with E-state index in [9.17, 15) is 0 Å². The van der Waals surface area contributed by atoms with Gasteiger partial charge < -0.3 is 0 Å². The molecule has 120 valence electrons. The van der Waals surface area contributed by atoms with Crippen molar-refractivity contribution in [3.63, 3.8) is 0 Å². The number of rotatable bonds is 1. The molecule has 19 heavy (non-hydrogen) atoms. The second-order valence-corrected chi connectivity index (χ2v) is 4.98. The smallest absolute Gasteiger partial charge is 0.0355 e. The highest BCUT2D eigenvalue weighted by Gasteiger charge is 2.38. The summed E-state index contributed by atoms with van der Waals surface area (Å²) in [5, 5.41) is 0. The van der Waals surface area contributed by atoms with Gasteiger partial charge in [-0.3, -0.25) is 0 Å². The van der Waals surface area contributed by atoms with Crippen LogP contribution in [0.1, 0.15) is 101 Å². The van der Waals surface area contributed by atoms with Crippen LogP contribution in [0.3, 0.4) is 0 Å². The van der Waals surface area contributed by atoms with E-state index in [4.69, 9.17) is 0 Å². The minimum absolute atomic E-state index is 0. The van der Waals surface area contributed by atoms with Crippen LogP contribution in [-0.4, -0.2) is 0 Å². The molecule has 0 N–H and O–H groups in total. The third-order valence-corrected chi connectivity index (χ3v) is 4.46. The fraction of sp³-hybridized carbons (Fsp3) is 1.00. The normalized spacial score (nSPS) is 30.9. The van der Waals surface area contributed by atoms with Crippen molar-refractivity contribution in [3.05, 3.63) is 0 Å². The second kappa shape index (κ2) is 16.1.